The van der Waals surface area contributed by atoms with Crippen LogP contribution in [0.1, 0.15) is 0 Å². The molecule has 0 unspecified atom stereocenters. The van der Waals surface area contributed by atoms with Crippen LogP contribution in [0.4, 0.5) is 0 Å². The molecule has 0 fully saturated rings. The molecule has 0 amide bonds. The maximum Gasteiger partial charge on any atom is 0.164 e. The number of rotatable bonds is 6. The van der Waals surface area contributed by atoms with Gasteiger partial charge in [-0.15, -0.1) is 0 Å². The van der Waals surface area contributed by atoms with Crippen molar-refractivity contribution in [1.82, 2.24) is 24.1 Å². The summed E-state index contributed by atoms with van der Waals surface area (Å²) in [6.07, 6.45) is 0. The zero-order chi connectivity index (χ0) is 37.0. The second-order valence-electron chi connectivity index (χ2n) is 14.1. The Balaban J connectivity index is 1.03. The first kappa shape index (κ1) is 31.9. The number of para-hydroxylation sites is 3. The molecule has 56 heavy (non-hydrogen) atoms. The molecule has 0 saturated heterocycles. The highest BCUT2D eigenvalue weighted by Crippen LogP contribution is 2.38. The summed E-state index contributed by atoms with van der Waals surface area (Å²) in [5, 5.41) is 4.92. The van der Waals surface area contributed by atoms with Crippen molar-refractivity contribution in [3.05, 3.63) is 200 Å². The highest BCUT2D eigenvalue weighted by molar-refractivity contribution is 6.12. The summed E-state index contributed by atoms with van der Waals surface area (Å²) in [4.78, 5) is 14.8. The largest absolute Gasteiger partial charge is 0.309 e. The van der Waals surface area contributed by atoms with Crippen LogP contribution >= 0.6 is 0 Å². The zero-order valence-corrected chi connectivity index (χ0v) is 30.3. The smallest absolute Gasteiger partial charge is 0.164 e. The van der Waals surface area contributed by atoms with Gasteiger partial charge in [0.05, 0.1) is 22.1 Å². The van der Waals surface area contributed by atoms with Crippen LogP contribution in [0.25, 0.3) is 100 Å². The van der Waals surface area contributed by atoms with Gasteiger partial charge in [-0.25, -0.2) is 15.0 Å². The van der Waals surface area contributed by atoms with Gasteiger partial charge < -0.3 is 9.13 Å². The second-order valence-corrected chi connectivity index (χ2v) is 14.1. The van der Waals surface area contributed by atoms with Crippen LogP contribution in [0.2, 0.25) is 0 Å². The topological polar surface area (TPSA) is 48.5 Å². The van der Waals surface area contributed by atoms with Gasteiger partial charge in [-0.05, 0) is 77.9 Å². The maximum atomic E-state index is 4.97. The molecule has 0 aliphatic carbocycles. The summed E-state index contributed by atoms with van der Waals surface area (Å²) in [6.45, 7) is 0. The summed E-state index contributed by atoms with van der Waals surface area (Å²) >= 11 is 0. The first-order valence-corrected chi connectivity index (χ1v) is 18.9. The third-order valence-corrected chi connectivity index (χ3v) is 10.8. The van der Waals surface area contributed by atoms with E-state index in [9.17, 15) is 0 Å². The molecule has 0 aliphatic heterocycles. The minimum absolute atomic E-state index is 0.637. The molecule has 11 rings (SSSR count). The third-order valence-electron chi connectivity index (χ3n) is 10.8. The fourth-order valence-electron chi connectivity index (χ4n) is 8.13. The van der Waals surface area contributed by atoms with Crippen LogP contribution < -0.4 is 0 Å². The molecule has 11 aromatic rings. The molecule has 0 spiro atoms. The average Bonchev–Trinajstić information content (AvgIpc) is 3.79. The molecule has 0 N–H and O–H groups in total. The van der Waals surface area contributed by atoms with Gasteiger partial charge in [0.15, 0.2) is 17.5 Å². The summed E-state index contributed by atoms with van der Waals surface area (Å²) in [5.74, 6) is 1.94. The van der Waals surface area contributed by atoms with Gasteiger partial charge in [0.1, 0.15) is 0 Å². The van der Waals surface area contributed by atoms with Gasteiger partial charge in [-0.1, -0.05) is 133 Å². The standard InChI is InChI=1S/C51H33N5/c1-4-14-34(15-5-1)49-52-50(35-16-6-2-7-17-35)54-51(53-49)36-24-28-40(29-25-36)56-45-22-12-10-20-41(45)43-30-26-38(33-48(43)56)37-27-31-47-44(32-37)42-21-11-13-23-46(42)55(47)39-18-8-3-9-19-39/h1-33H. The minimum Gasteiger partial charge on any atom is -0.309 e. The lowest BCUT2D eigenvalue weighted by Gasteiger charge is -2.11. The average molecular weight is 716 g/mol. The van der Waals surface area contributed by atoms with E-state index in [0.717, 1.165) is 39.1 Å². The van der Waals surface area contributed by atoms with Crippen molar-refractivity contribution >= 4 is 43.6 Å². The summed E-state index contributed by atoms with van der Waals surface area (Å²) in [7, 11) is 0. The normalized spacial score (nSPS) is 11.6. The maximum absolute atomic E-state index is 4.97. The number of aromatic nitrogens is 5. The van der Waals surface area contributed by atoms with Gasteiger partial charge in [-0.3, -0.25) is 0 Å². The quantitative estimate of drug-likeness (QED) is 0.172. The predicted molar refractivity (Wildman–Crippen MR) is 230 cm³/mol. The van der Waals surface area contributed by atoms with E-state index >= 15 is 0 Å². The fourth-order valence-corrected chi connectivity index (χ4v) is 8.13. The molecule has 262 valence electrons. The minimum atomic E-state index is 0.637. The number of hydrogen-bond acceptors (Lipinski definition) is 3. The zero-order valence-electron chi connectivity index (χ0n) is 30.3. The van der Waals surface area contributed by atoms with E-state index in [4.69, 9.17) is 15.0 Å². The lowest BCUT2D eigenvalue weighted by Crippen LogP contribution is -2.00. The van der Waals surface area contributed by atoms with Gasteiger partial charge in [-0.2, -0.15) is 0 Å². The van der Waals surface area contributed by atoms with E-state index in [2.05, 4.69) is 149 Å². The Hall–Kier alpha value is -7.63. The molecule has 0 aliphatic rings. The van der Waals surface area contributed by atoms with Crippen molar-refractivity contribution in [1.29, 1.82) is 0 Å². The monoisotopic (exact) mass is 715 g/mol. The Labute approximate surface area is 323 Å². The lowest BCUT2D eigenvalue weighted by molar-refractivity contribution is 1.07. The summed E-state index contributed by atoms with van der Waals surface area (Å²) < 4.78 is 4.73. The van der Waals surface area contributed by atoms with E-state index in [0.29, 0.717) is 17.5 Å². The molecule has 0 saturated carbocycles. The van der Waals surface area contributed by atoms with Crippen LogP contribution in [0.3, 0.4) is 0 Å². The van der Waals surface area contributed by atoms with Crippen LogP contribution in [0.15, 0.2) is 200 Å². The van der Waals surface area contributed by atoms with E-state index in [1.54, 1.807) is 0 Å². The van der Waals surface area contributed by atoms with Crippen molar-refractivity contribution in [2.75, 3.05) is 0 Å². The number of fused-ring (bicyclic) bond motifs is 6. The molecule has 0 atom stereocenters. The summed E-state index contributed by atoms with van der Waals surface area (Å²) in [5.41, 5.74) is 12.1. The van der Waals surface area contributed by atoms with Crippen LogP contribution in [0.5, 0.6) is 0 Å². The molecule has 5 heteroatoms. The van der Waals surface area contributed by atoms with Gasteiger partial charge >= 0.3 is 0 Å². The first-order valence-electron chi connectivity index (χ1n) is 18.9. The van der Waals surface area contributed by atoms with E-state index in [1.807, 2.05) is 60.7 Å². The molecule has 3 aromatic heterocycles. The molecule has 5 nitrogen and oxygen atoms in total. The Bertz CT molecular complexity index is 3160. The van der Waals surface area contributed by atoms with Crippen molar-refractivity contribution < 1.29 is 0 Å². The van der Waals surface area contributed by atoms with Gasteiger partial charge in [0.2, 0.25) is 0 Å². The highest BCUT2D eigenvalue weighted by Gasteiger charge is 2.17. The van der Waals surface area contributed by atoms with Crippen LogP contribution in [-0.2, 0) is 0 Å². The van der Waals surface area contributed by atoms with Crippen molar-refractivity contribution in [2.24, 2.45) is 0 Å². The number of nitrogens with zero attached hydrogens (tertiary/aromatic N) is 5. The number of hydrogen-bond donors (Lipinski definition) is 0. The molecule has 0 bridgehead atoms. The third kappa shape index (κ3) is 5.29. The molecular formula is C51H33N5. The summed E-state index contributed by atoms with van der Waals surface area (Å²) in [6, 6.07) is 70.5. The Morgan fingerprint density at radius 3 is 1.25 bits per heavy atom. The lowest BCUT2D eigenvalue weighted by atomic mass is 10.0. The molecular weight excluding hydrogens is 683 g/mol. The molecule has 0 radical (unpaired) electrons. The van der Waals surface area contributed by atoms with Gasteiger partial charge in [0.25, 0.3) is 0 Å². The van der Waals surface area contributed by atoms with Gasteiger partial charge in [0, 0.05) is 49.6 Å². The fraction of sp³-hybridized carbons (Fsp3) is 0. The molecule has 8 aromatic carbocycles. The van der Waals surface area contributed by atoms with Crippen molar-refractivity contribution in [3.8, 4) is 56.7 Å². The van der Waals surface area contributed by atoms with E-state index < -0.39 is 0 Å². The molecule has 3 heterocycles. The SMILES string of the molecule is c1ccc(-c2nc(-c3ccccc3)nc(-c3ccc(-n4c5ccccc5c5ccc(-c6ccc7c(c6)c6ccccc6n7-c6ccccc6)cc54)cc3)n2)cc1. The van der Waals surface area contributed by atoms with Crippen LogP contribution in [0, 0.1) is 0 Å². The first-order chi connectivity index (χ1) is 27.8. The Morgan fingerprint density at radius 1 is 0.250 bits per heavy atom. The van der Waals surface area contributed by atoms with Crippen molar-refractivity contribution in [3.63, 3.8) is 0 Å². The van der Waals surface area contributed by atoms with Crippen LogP contribution in [-0.4, -0.2) is 24.1 Å². The second kappa shape index (κ2) is 13.0. The van der Waals surface area contributed by atoms with E-state index in [1.165, 1.54) is 43.7 Å². The Kier molecular flexibility index (Phi) is 7.42. The number of benzene rings is 8. The predicted octanol–water partition coefficient (Wildman–Crippen LogP) is 12.7. The Morgan fingerprint density at radius 2 is 0.643 bits per heavy atom. The highest BCUT2D eigenvalue weighted by atomic mass is 15.0. The van der Waals surface area contributed by atoms with E-state index in [-0.39, 0.29) is 0 Å². The van der Waals surface area contributed by atoms with Crippen molar-refractivity contribution in [2.45, 2.75) is 0 Å².